The van der Waals surface area contributed by atoms with Crippen molar-refractivity contribution in [3.63, 3.8) is 0 Å². The molecule has 0 saturated heterocycles. The highest BCUT2D eigenvalue weighted by Crippen LogP contribution is 2.25. The Morgan fingerprint density at radius 2 is 2.00 bits per heavy atom. The van der Waals surface area contributed by atoms with Gasteiger partial charge in [0.1, 0.15) is 5.76 Å². The van der Waals surface area contributed by atoms with Crippen LogP contribution in [0, 0.1) is 6.92 Å². The molecule has 3 rings (SSSR count). The second-order valence-corrected chi connectivity index (χ2v) is 4.67. The zero-order valence-electron chi connectivity index (χ0n) is 11.1. The number of rotatable bonds is 3. The maximum absolute atomic E-state index is 5.40. The van der Waals surface area contributed by atoms with Crippen LogP contribution in [0.2, 0.25) is 0 Å². The van der Waals surface area contributed by atoms with Crippen LogP contribution in [0.1, 0.15) is 22.9 Å². The quantitative estimate of drug-likeness (QED) is 0.776. The zero-order valence-corrected chi connectivity index (χ0v) is 11.1. The molecule has 3 aromatic rings. The number of nitrogens with one attached hydrogen (secondary N) is 1. The summed E-state index contributed by atoms with van der Waals surface area (Å²) < 4.78 is 5.40. The Balaban J connectivity index is 2.06. The van der Waals surface area contributed by atoms with Crippen LogP contribution in [0.25, 0.3) is 10.9 Å². The predicted molar refractivity (Wildman–Crippen MR) is 76.1 cm³/mol. The van der Waals surface area contributed by atoms with Gasteiger partial charge in [0.25, 0.3) is 0 Å². The first-order chi connectivity index (χ1) is 9.28. The number of aromatic nitrogens is 1. The number of hydrogen-bond acceptors (Lipinski definition) is 3. The molecule has 0 aliphatic heterocycles. The molecule has 3 nitrogen and oxygen atoms in total. The molecule has 0 spiro atoms. The highest BCUT2D eigenvalue weighted by atomic mass is 16.3. The summed E-state index contributed by atoms with van der Waals surface area (Å²) in [5.74, 6) is 0.920. The van der Waals surface area contributed by atoms with Crippen LogP contribution in [0.5, 0.6) is 0 Å². The molecule has 1 N–H and O–H groups in total. The van der Waals surface area contributed by atoms with E-state index in [0.717, 1.165) is 27.8 Å². The third-order valence-electron chi connectivity index (χ3n) is 3.32. The van der Waals surface area contributed by atoms with Gasteiger partial charge in [0, 0.05) is 17.1 Å². The van der Waals surface area contributed by atoms with Gasteiger partial charge < -0.3 is 9.73 Å². The maximum Gasteiger partial charge on any atom is 0.101 e. The third kappa shape index (κ3) is 2.25. The second-order valence-electron chi connectivity index (χ2n) is 4.67. The normalized spacial score (nSPS) is 12.7. The zero-order chi connectivity index (χ0) is 13.2. The molecular formula is C16H16N2O. The van der Waals surface area contributed by atoms with Crippen molar-refractivity contribution in [2.24, 2.45) is 0 Å². The van der Waals surface area contributed by atoms with Crippen molar-refractivity contribution < 1.29 is 4.42 Å². The monoisotopic (exact) mass is 252 g/mol. The fourth-order valence-corrected chi connectivity index (χ4v) is 2.39. The van der Waals surface area contributed by atoms with Gasteiger partial charge in [0.15, 0.2) is 0 Å². The molecule has 0 radical (unpaired) electrons. The summed E-state index contributed by atoms with van der Waals surface area (Å²) in [7, 11) is 1.95. The Morgan fingerprint density at radius 1 is 1.16 bits per heavy atom. The van der Waals surface area contributed by atoms with Gasteiger partial charge in [-0.15, -0.1) is 0 Å². The molecule has 1 unspecified atom stereocenters. The molecule has 1 aromatic carbocycles. The van der Waals surface area contributed by atoms with E-state index in [4.69, 9.17) is 4.42 Å². The van der Waals surface area contributed by atoms with Crippen molar-refractivity contribution in [1.82, 2.24) is 10.3 Å². The van der Waals surface area contributed by atoms with Gasteiger partial charge in [-0.1, -0.05) is 18.2 Å². The fraction of sp³-hybridized carbons (Fsp3) is 0.188. The number of para-hydroxylation sites is 1. The lowest BCUT2D eigenvalue weighted by atomic mass is 10.0. The number of nitrogens with zero attached hydrogens (tertiary/aromatic N) is 1. The summed E-state index contributed by atoms with van der Waals surface area (Å²) in [6.07, 6.45) is 3.72. The molecule has 3 heteroatoms. The topological polar surface area (TPSA) is 38.1 Å². The molecule has 0 bridgehead atoms. The molecule has 2 heterocycles. The molecule has 0 aliphatic carbocycles. The molecule has 19 heavy (non-hydrogen) atoms. The van der Waals surface area contributed by atoms with Gasteiger partial charge in [-0.05, 0) is 37.7 Å². The number of hydrogen-bond donors (Lipinski definition) is 1. The lowest BCUT2D eigenvalue weighted by Crippen LogP contribution is -2.17. The Hall–Kier alpha value is -2.13. The van der Waals surface area contributed by atoms with E-state index in [1.165, 1.54) is 0 Å². The van der Waals surface area contributed by atoms with Crippen molar-refractivity contribution in [2.45, 2.75) is 13.0 Å². The van der Waals surface area contributed by atoms with Crippen LogP contribution in [0.15, 0.2) is 53.3 Å². The van der Waals surface area contributed by atoms with Crippen molar-refractivity contribution >= 4 is 10.9 Å². The largest absolute Gasteiger partial charge is 0.469 e. The van der Waals surface area contributed by atoms with Gasteiger partial charge in [0.05, 0.1) is 17.8 Å². The lowest BCUT2D eigenvalue weighted by Gasteiger charge is -2.15. The molecule has 0 amide bonds. The van der Waals surface area contributed by atoms with Crippen LogP contribution >= 0.6 is 0 Å². The van der Waals surface area contributed by atoms with Crippen LogP contribution in [-0.2, 0) is 0 Å². The number of furan rings is 1. The summed E-state index contributed by atoms with van der Waals surface area (Å²) in [4.78, 5) is 4.51. The minimum Gasteiger partial charge on any atom is -0.469 e. The molecule has 1 atom stereocenters. The predicted octanol–water partition coefficient (Wildman–Crippen LogP) is 3.45. The first-order valence-corrected chi connectivity index (χ1v) is 6.35. The molecule has 2 aromatic heterocycles. The van der Waals surface area contributed by atoms with E-state index in [1.54, 1.807) is 6.26 Å². The van der Waals surface area contributed by atoms with Crippen molar-refractivity contribution in [2.75, 3.05) is 7.05 Å². The number of fused-ring (bicyclic) bond motifs is 1. The second kappa shape index (κ2) is 4.86. The molecule has 96 valence electrons. The van der Waals surface area contributed by atoms with Gasteiger partial charge >= 0.3 is 0 Å². The summed E-state index contributed by atoms with van der Waals surface area (Å²) in [6, 6.07) is 12.5. The van der Waals surface area contributed by atoms with E-state index in [1.807, 2.05) is 38.4 Å². The van der Waals surface area contributed by atoms with Gasteiger partial charge in [0.2, 0.25) is 0 Å². The van der Waals surface area contributed by atoms with Gasteiger partial charge in [-0.25, -0.2) is 0 Å². The third-order valence-corrected chi connectivity index (χ3v) is 3.32. The van der Waals surface area contributed by atoms with E-state index in [0.29, 0.717) is 0 Å². The van der Waals surface area contributed by atoms with E-state index < -0.39 is 0 Å². The number of aryl methyl sites for hydroxylation is 1. The Labute approximate surface area is 112 Å². The smallest absolute Gasteiger partial charge is 0.101 e. The van der Waals surface area contributed by atoms with Gasteiger partial charge in [-0.3, -0.25) is 4.98 Å². The van der Waals surface area contributed by atoms with Crippen LogP contribution in [0.3, 0.4) is 0 Å². The summed E-state index contributed by atoms with van der Waals surface area (Å²) in [6.45, 7) is 1.95. The van der Waals surface area contributed by atoms with E-state index in [9.17, 15) is 0 Å². The Kier molecular flexibility index (Phi) is 3.05. The molecule has 0 aliphatic rings. The maximum atomic E-state index is 5.40. The molecular weight excluding hydrogens is 236 g/mol. The number of benzene rings is 1. The van der Waals surface area contributed by atoms with Crippen molar-refractivity contribution in [3.05, 3.63) is 65.7 Å². The van der Waals surface area contributed by atoms with Gasteiger partial charge in [-0.2, -0.15) is 0 Å². The number of pyridine rings is 1. The summed E-state index contributed by atoms with van der Waals surface area (Å²) in [5, 5.41) is 4.47. The van der Waals surface area contributed by atoms with Crippen LogP contribution in [0.4, 0.5) is 0 Å². The minimum atomic E-state index is 0.106. The minimum absolute atomic E-state index is 0.106. The lowest BCUT2D eigenvalue weighted by molar-refractivity contribution is 0.528. The van der Waals surface area contributed by atoms with Crippen LogP contribution in [-0.4, -0.2) is 12.0 Å². The van der Waals surface area contributed by atoms with E-state index in [-0.39, 0.29) is 6.04 Å². The highest BCUT2D eigenvalue weighted by molar-refractivity contribution is 5.78. The fourth-order valence-electron chi connectivity index (χ4n) is 2.39. The van der Waals surface area contributed by atoms with E-state index in [2.05, 4.69) is 28.5 Å². The average molecular weight is 252 g/mol. The van der Waals surface area contributed by atoms with Crippen LogP contribution < -0.4 is 5.32 Å². The first kappa shape index (κ1) is 11.9. The Morgan fingerprint density at radius 3 is 2.74 bits per heavy atom. The SMILES string of the molecule is CNC(c1coc(C)c1)c1cnc2ccccc2c1. The van der Waals surface area contributed by atoms with Crippen molar-refractivity contribution in [1.29, 1.82) is 0 Å². The van der Waals surface area contributed by atoms with Crippen molar-refractivity contribution in [3.8, 4) is 0 Å². The summed E-state index contributed by atoms with van der Waals surface area (Å²) >= 11 is 0. The summed E-state index contributed by atoms with van der Waals surface area (Å²) in [5.41, 5.74) is 3.28. The average Bonchev–Trinajstić information content (AvgIpc) is 2.86. The van der Waals surface area contributed by atoms with E-state index >= 15 is 0 Å². The standard InChI is InChI=1S/C16H16N2O/c1-11-7-14(10-19-11)16(17-2)13-8-12-5-3-4-6-15(12)18-9-13/h3-10,16-17H,1-2H3. The first-order valence-electron chi connectivity index (χ1n) is 6.35. The Bertz CT molecular complexity index is 703. The molecule has 0 fully saturated rings. The highest BCUT2D eigenvalue weighted by Gasteiger charge is 2.14. The molecule has 0 saturated carbocycles.